The third kappa shape index (κ3) is 3.33. The van der Waals surface area contributed by atoms with E-state index in [0.717, 1.165) is 5.84 Å². The molecule has 0 radical (unpaired) electrons. The predicted octanol–water partition coefficient (Wildman–Crippen LogP) is 0.630. The van der Waals surface area contributed by atoms with Crippen molar-refractivity contribution in [1.29, 1.82) is 0 Å². The molecule has 0 aliphatic heterocycles. The number of nitrogens with zero attached hydrogens (tertiary/aromatic N) is 2. The van der Waals surface area contributed by atoms with Gasteiger partial charge in [-0.05, 0) is 13.8 Å². The molecule has 0 aromatic heterocycles. The average Bonchev–Trinajstić information content (AvgIpc) is 1.68. The van der Waals surface area contributed by atoms with Crippen molar-refractivity contribution >= 4 is 12.1 Å². The number of aliphatic imine (C=N–C) groups is 1. The zero-order valence-corrected chi connectivity index (χ0v) is 5.47. The number of hydrogen-bond donors (Lipinski definition) is 1. The first kappa shape index (κ1) is 7.14. The Morgan fingerprint density at radius 1 is 1.62 bits per heavy atom. The van der Waals surface area contributed by atoms with E-state index in [1.807, 2.05) is 13.8 Å². The fourth-order valence-corrected chi connectivity index (χ4v) is 0.378. The van der Waals surface area contributed by atoms with Crippen molar-refractivity contribution in [3.63, 3.8) is 0 Å². The van der Waals surface area contributed by atoms with Gasteiger partial charge in [-0.3, -0.25) is 0 Å². The van der Waals surface area contributed by atoms with Crippen molar-refractivity contribution in [3.05, 3.63) is 0 Å². The van der Waals surface area contributed by atoms with Crippen molar-refractivity contribution in [2.24, 2.45) is 10.1 Å². The van der Waals surface area contributed by atoms with Gasteiger partial charge in [-0.1, -0.05) is 0 Å². The molecule has 0 amide bonds. The highest BCUT2D eigenvalue weighted by Crippen LogP contribution is 1.72. The standard InChI is InChI=1S/C5H11N3/c1-4-7-5(2)8-6-3/h4,6H,1-3H3/b7-4-,8-5-. The Morgan fingerprint density at radius 3 is 2.62 bits per heavy atom. The second-order valence-electron chi connectivity index (χ2n) is 1.27. The second kappa shape index (κ2) is 4.30. The van der Waals surface area contributed by atoms with E-state index in [1.165, 1.54) is 0 Å². The van der Waals surface area contributed by atoms with Crippen LogP contribution in [0.4, 0.5) is 0 Å². The molecule has 3 heteroatoms. The van der Waals surface area contributed by atoms with Crippen LogP contribution in [-0.2, 0) is 0 Å². The smallest absolute Gasteiger partial charge is 0.144 e. The molecule has 0 aliphatic rings. The Balaban J connectivity index is 3.61. The number of hydrazone groups is 1. The van der Waals surface area contributed by atoms with E-state index in [0.29, 0.717) is 0 Å². The number of amidine groups is 1. The Hall–Kier alpha value is -0.860. The molecule has 8 heavy (non-hydrogen) atoms. The summed E-state index contributed by atoms with van der Waals surface area (Å²) in [6.07, 6.45) is 1.70. The van der Waals surface area contributed by atoms with Gasteiger partial charge in [0.2, 0.25) is 0 Å². The third-order valence-corrected chi connectivity index (χ3v) is 0.590. The van der Waals surface area contributed by atoms with Crippen LogP contribution in [0.1, 0.15) is 13.8 Å². The highest BCUT2D eigenvalue weighted by Gasteiger charge is 1.75. The summed E-state index contributed by atoms with van der Waals surface area (Å²) in [5.74, 6) is 0.745. The summed E-state index contributed by atoms with van der Waals surface area (Å²) >= 11 is 0. The van der Waals surface area contributed by atoms with Crippen LogP contribution < -0.4 is 5.43 Å². The summed E-state index contributed by atoms with van der Waals surface area (Å²) in [6.45, 7) is 3.69. The fourth-order valence-electron chi connectivity index (χ4n) is 0.378. The number of hydrogen-bond acceptors (Lipinski definition) is 2. The Morgan fingerprint density at radius 2 is 2.25 bits per heavy atom. The van der Waals surface area contributed by atoms with Crippen LogP contribution in [-0.4, -0.2) is 19.1 Å². The molecule has 0 spiro atoms. The lowest BCUT2D eigenvalue weighted by atomic mass is 10.7. The van der Waals surface area contributed by atoms with Gasteiger partial charge in [-0.15, -0.1) is 0 Å². The van der Waals surface area contributed by atoms with E-state index in [4.69, 9.17) is 0 Å². The van der Waals surface area contributed by atoms with Crippen molar-refractivity contribution < 1.29 is 0 Å². The minimum absolute atomic E-state index is 0.745. The van der Waals surface area contributed by atoms with E-state index < -0.39 is 0 Å². The lowest BCUT2D eigenvalue weighted by molar-refractivity contribution is 0.896. The molecule has 46 valence electrons. The zero-order chi connectivity index (χ0) is 6.41. The van der Waals surface area contributed by atoms with Gasteiger partial charge >= 0.3 is 0 Å². The van der Waals surface area contributed by atoms with Crippen LogP contribution in [0.5, 0.6) is 0 Å². The number of rotatable bonds is 1. The van der Waals surface area contributed by atoms with Crippen molar-refractivity contribution in [2.45, 2.75) is 13.8 Å². The van der Waals surface area contributed by atoms with Gasteiger partial charge in [0.25, 0.3) is 0 Å². The molecule has 0 saturated heterocycles. The Bertz CT molecular complexity index is 104. The van der Waals surface area contributed by atoms with E-state index in [1.54, 1.807) is 13.3 Å². The van der Waals surface area contributed by atoms with E-state index >= 15 is 0 Å². The normalized spacial score (nSPS) is 12.6. The fraction of sp³-hybridized carbons (Fsp3) is 0.600. The van der Waals surface area contributed by atoms with Crippen LogP contribution in [0, 0.1) is 0 Å². The highest BCUT2D eigenvalue weighted by atomic mass is 15.3. The minimum Gasteiger partial charge on any atom is -0.311 e. The van der Waals surface area contributed by atoms with Gasteiger partial charge in [0.05, 0.1) is 0 Å². The highest BCUT2D eigenvalue weighted by molar-refractivity contribution is 5.86. The molecule has 0 rings (SSSR count). The summed E-state index contributed by atoms with van der Waals surface area (Å²) < 4.78 is 0. The van der Waals surface area contributed by atoms with Gasteiger partial charge in [0, 0.05) is 13.3 Å². The SMILES string of the molecule is C/C=N\C(C)=N/NC. The summed E-state index contributed by atoms with van der Waals surface area (Å²) in [5.41, 5.74) is 2.63. The number of nitrogens with one attached hydrogen (secondary N) is 1. The van der Waals surface area contributed by atoms with Gasteiger partial charge in [-0.2, -0.15) is 5.10 Å². The van der Waals surface area contributed by atoms with Crippen LogP contribution >= 0.6 is 0 Å². The first-order valence-electron chi connectivity index (χ1n) is 2.51. The quantitative estimate of drug-likeness (QED) is 0.302. The molecule has 0 aliphatic carbocycles. The molecule has 0 unspecified atom stereocenters. The Kier molecular flexibility index (Phi) is 3.84. The second-order valence-corrected chi connectivity index (χ2v) is 1.27. The lowest BCUT2D eigenvalue weighted by Crippen LogP contribution is -1.98. The Labute approximate surface area is 49.5 Å². The maximum atomic E-state index is 3.88. The topological polar surface area (TPSA) is 36.8 Å². The van der Waals surface area contributed by atoms with Crippen LogP contribution in [0.2, 0.25) is 0 Å². The van der Waals surface area contributed by atoms with Gasteiger partial charge in [0.15, 0.2) is 0 Å². The first-order chi connectivity index (χ1) is 3.81. The molecule has 0 heterocycles. The lowest BCUT2D eigenvalue weighted by Gasteiger charge is -1.87. The van der Waals surface area contributed by atoms with Crippen LogP contribution in [0.25, 0.3) is 0 Å². The predicted molar refractivity (Wildman–Crippen MR) is 36.3 cm³/mol. The maximum absolute atomic E-state index is 3.88. The zero-order valence-electron chi connectivity index (χ0n) is 5.47. The first-order valence-corrected chi connectivity index (χ1v) is 2.51. The molecule has 0 aromatic carbocycles. The van der Waals surface area contributed by atoms with Crippen molar-refractivity contribution in [3.8, 4) is 0 Å². The summed E-state index contributed by atoms with van der Waals surface area (Å²) in [7, 11) is 1.74. The molecule has 3 nitrogen and oxygen atoms in total. The van der Waals surface area contributed by atoms with Gasteiger partial charge in [0.1, 0.15) is 5.84 Å². The molecule has 0 saturated carbocycles. The molecular weight excluding hydrogens is 102 g/mol. The molecule has 0 atom stereocenters. The van der Waals surface area contributed by atoms with E-state index in [2.05, 4.69) is 15.5 Å². The van der Waals surface area contributed by atoms with Crippen LogP contribution in [0.15, 0.2) is 10.1 Å². The molecule has 0 fully saturated rings. The molecule has 0 bridgehead atoms. The third-order valence-electron chi connectivity index (χ3n) is 0.590. The van der Waals surface area contributed by atoms with Crippen molar-refractivity contribution in [2.75, 3.05) is 7.05 Å². The monoisotopic (exact) mass is 113 g/mol. The molecular formula is C5H11N3. The average molecular weight is 113 g/mol. The van der Waals surface area contributed by atoms with Crippen LogP contribution in [0.3, 0.4) is 0 Å². The summed E-state index contributed by atoms with van der Waals surface area (Å²) in [6, 6.07) is 0. The van der Waals surface area contributed by atoms with Crippen molar-refractivity contribution in [1.82, 2.24) is 5.43 Å². The largest absolute Gasteiger partial charge is 0.311 e. The van der Waals surface area contributed by atoms with E-state index in [-0.39, 0.29) is 0 Å². The summed E-state index contributed by atoms with van der Waals surface area (Å²) in [4.78, 5) is 3.88. The maximum Gasteiger partial charge on any atom is 0.144 e. The van der Waals surface area contributed by atoms with Gasteiger partial charge < -0.3 is 5.43 Å². The van der Waals surface area contributed by atoms with Gasteiger partial charge in [-0.25, -0.2) is 4.99 Å². The molecule has 0 aromatic rings. The summed E-state index contributed by atoms with van der Waals surface area (Å²) in [5, 5.41) is 3.78. The van der Waals surface area contributed by atoms with E-state index in [9.17, 15) is 0 Å². The molecule has 1 N–H and O–H groups in total. The minimum atomic E-state index is 0.745.